The lowest BCUT2D eigenvalue weighted by atomic mass is 10.1. The maximum Gasteiger partial charge on any atom is 0.335 e. The van der Waals surface area contributed by atoms with Gasteiger partial charge in [0.25, 0.3) is 0 Å². The fraction of sp³-hybridized carbons (Fsp3) is 0.357. The third-order valence-corrected chi connectivity index (χ3v) is 2.64. The van der Waals surface area contributed by atoms with Crippen LogP contribution in [0.5, 0.6) is 0 Å². The fourth-order valence-corrected chi connectivity index (χ4v) is 1.50. The molecular weight excluding hydrogens is 274 g/mol. The van der Waals surface area contributed by atoms with E-state index in [1.165, 1.54) is 12.1 Å². The molecular formula is C14H19N3O4. The van der Waals surface area contributed by atoms with Crippen LogP contribution in [0.15, 0.2) is 24.3 Å². The topological polar surface area (TPSA) is 108 Å². The van der Waals surface area contributed by atoms with E-state index >= 15 is 0 Å². The molecule has 0 atom stereocenters. The minimum atomic E-state index is -0.995. The number of carboxylic acids is 1. The summed E-state index contributed by atoms with van der Waals surface area (Å²) in [5.74, 6) is -1.23. The molecule has 1 aromatic carbocycles. The van der Waals surface area contributed by atoms with Crippen LogP contribution in [0.1, 0.15) is 29.3 Å². The highest BCUT2D eigenvalue weighted by Gasteiger charge is 2.05. The summed E-state index contributed by atoms with van der Waals surface area (Å²) in [7, 11) is 0. The van der Waals surface area contributed by atoms with Crippen molar-refractivity contribution in [3.63, 3.8) is 0 Å². The van der Waals surface area contributed by atoms with Gasteiger partial charge in [0.1, 0.15) is 0 Å². The Morgan fingerprint density at radius 2 is 1.71 bits per heavy atom. The van der Waals surface area contributed by atoms with Crippen LogP contribution >= 0.6 is 0 Å². The molecule has 21 heavy (non-hydrogen) atoms. The van der Waals surface area contributed by atoms with E-state index in [0.717, 1.165) is 12.0 Å². The number of urea groups is 1. The van der Waals surface area contributed by atoms with E-state index in [1.54, 1.807) is 12.1 Å². The van der Waals surface area contributed by atoms with Crippen molar-refractivity contribution in [2.45, 2.75) is 19.9 Å². The van der Waals surface area contributed by atoms with Crippen molar-refractivity contribution in [3.05, 3.63) is 35.4 Å². The van der Waals surface area contributed by atoms with Crippen LogP contribution < -0.4 is 16.0 Å². The molecule has 4 N–H and O–H groups in total. The molecule has 114 valence electrons. The van der Waals surface area contributed by atoms with Crippen LogP contribution in [0.3, 0.4) is 0 Å². The van der Waals surface area contributed by atoms with Crippen molar-refractivity contribution in [1.29, 1.82) is 0 Å². The van der Waals surface area contributed by atoms with Gasteiger partial charge in [0.2, 0.25) is 5.91 Å². The van der Waals surface area contributed by atoms with E-state index in [4.69, 9.17) is 5.11 Å². The Kier molecular flexibility index (Phi) is 6.73. The highest BCUT2D eigenvalue weighted by Crippen LogP contribution is 2.03. The predicted molar refractivity (Wildman–Crippen MR) is 76.9 cm³/mol. The van der Waals surface area contributed by atoms with E-state index in [9.17, 15) is 14.4 Å². The minimum Gasteiger partial charge on any atom is -0.478 e. The Labute approximate surface area is 122 Å². The number of aromatic carboxylic acids is 1. The quantitative estimate of drug-likeness (QED) is 0.594. The Morgan fingerprint density at radius 3 is 2.29 bits per heavy atom. The molecule has 0 aliphatic carbocycles. The number of rotatable bonds is 7. The van der Waals surface area contributed by atoms with Gasteiger partial charge in [0.05, 0.1) is 12.1 Å². The summed E-state index contributed by atoms with van der Waals surface area (Å²) in [5, 5.41) is 16.4. The van der Waals surface area contributed by atoms with Gasteiger partial charge in [0.15, 0.2) is 0 Å². The average Bonchev–Trinajstić information content (AvgIpc) is 2.49. The van der Waals surface area contributed by atoms with Crippen LogP contribution in [0, 0.1) is 0 Å². The first-order valence-corrected chi connectivity index (χ1v) is 6.63. The fourth-order valence-electron chi connectivity index (χ4n) is 1.50. The number of benzene rings is 1. The van der Waals surface area contributed by atoms with Crippen LogP contribution in [0.25, 0.3) is 0 Å². The van der Waals surface area contributed by atoms with Gasteiger partial charge in [-0.15, -0.1) is 0 Å². The van der Waals surface area contributed by atoms with E-state index in [0.29, 0.717) is 6.54 Å². The lowest BCUT2D eigenvalue weighted by molar-refractivity contribution is -0.120. The lowest BCUT2D eigenvalue weighted by Crippen LogP contribution is -2.41. The standard InChI is InChI=1S/C14H19N3O4/c1-2-7-15-12(18)9-17-14(21)16-8-10-3-5-11(6-4-10)13(19)20/h3-6H,2,7-9H2,1H3,(H,15,18)(H,19,20)(H2,16,17,21). The molecule has 0 aliphatic rings. The second-order valence-corrected chi connectivity index (χ2v) is 4.39. The summed E-state index contributed by atoms with van der Waals surface area (Å²) in [6.07, 6.45) is 0.838. The number of carboxylic acid groups (broad SMARTS) is 1. The number of carbonyl (C=O) groups is 3. The molecule has 1 aromatic rings. The molecule has 1 rings (SSSR count). The summed E-state index contributed by atoms with van der Waals surface area (Å²) in [5.41, 5.74) is 0.960. The molecule has 3 amide bonds. The van der Waals surface area contributed by atoms with Crippen molar-refractivity contribution in [1.82, 2.24) is 16.0 Å². The van der Waals surface area contributed by atoms with E-state index in [2.05, 4.69) is 16.0 Å². The van der Waals surface area contributed by atoms with E-state index < -0.39 is 12.0 Å². The van der Waals surface area contributed by atoms with Gasteiger partial charge in [-0.2, -0.15) is 0 Å². The first-order valence-electron chi connectivity index (χ1n) is 6.63. The van der Waals surface area contributed by atoms with Gasteiger partial charge >= 0.3 is 12.0 Å². The van der Waals surface area contributed by atoms with Crippen molar-refractivity contribution in [2.24, 2.45) is 0 Å². The Hall–Kier alpha value is -2.57. The van der Waals surface area contributed by atoms with Crippen LogP contribution in [-0.2, 0) is 11.3 Å². The molecule has 0 fully saturated rings. The predicted octanol–water partition coefficient (Wildman–Crippen LogP) is 0.710. The molecule has 7 heteroatoms. The number of amides is 3. The monoisotopic (exact) mass is 293 g/mol. The van der Waals surface area contributed by atoms with Crippen molar-refractivity contribution >= 4 is 17.9 Å². The zero-order chi connectivity index (χ0) is 15.7. The molecule has 0 heterocycles. The molecule has 0 unspecified atom stereocenters. The second kappa shape index (κ2) is 8.57. The van der Waals surface area contributed by atoms with Gasteiger partial charge in [-0.05, 0) is 24.1 Å². The summed E-state index contributed by atoms with van der Waals surface area (Å²) >= 11 is 0. The molecule has 0 saturated heterocycles. The summed E-state index contributed by atoms with van der Waals surface area (Å²) in [4.78, 5) is 33.4. The molecule has 7 nitrogen and oxygen atoms in total. The Morgan fingerprint density at radius 1 is 1.05 bits per heavy atom. The first-order chi connectivity index (χ1) is 10.0. The summed E-state index contributed by atoms with van der Waals surface area (Å²) in [6, 6.07) is 5.73. The lowest BCUT2D eigenvalue weighted by Gasteiger charge is -2.08. The maximum absolute atomic E-state index is 11.5. The van der Waals surface area contributed by atoms with Crippen LogP contribution in [-0.4, -0.2) is 36.1 Å². The number of hydrogen-bond donors (Lipinski definition) is 4. The molecule has 0 radical (unpaired) electrons. The van der Waals surface area contributed by atoms with Crippen molar-refractivity contribution < 1.29 is 19.5 Å². The van der Waals surface area contributed by atoms with Crippen molar-refractivity contribution in [3.8, 4) is 0 Å². The van der Waals surface area contributed by atoms with Gasteiger partial charge in [-0.3, -0.25) is 4.79 Å². The third-order valence-electron chi connectivity index (χ3n) is 2.64. The molecule has 0 aromatic heterocycles. The normalized spacial score (nSPS) is 9.76. The maximum atomic E-state index is 11.5. The SMILES string of the molecule is CCCNC(=O)CNC(=O)NCc1ccc(C(=O)O)cc1. The van der Waals surface area contributed by atoms with E-state index in [-0.39, 0.29) is 24.6 Å². The number of hydrogen-bond acceptors (Lipinski definition) is 3. The summed E-state index contributed by atoms with van der Waals surface area (Å²) < 4.78 is 0. The van der Waals surface area contributed by atoms with Crippen LogP contribution in [0.2, 0.25) is 0 Å². The van der Waals surface area contributed by atoms with Gasteiger partial charge in [0, 0.05) is 13.1 Å². The molecule has 0 saturated carbocycles. The largest absolute Gasteiger partial charge is 0.478 e. The van der Waals surface area contributed by atoms with Crippen molar-refractivity contribution in [2.75, 3.05) is 13.1 Å². The number of nitrogens with one attached hydrogen (secondary N) is 3. The average molecular weight is 293 g/mol. The zero-order valence-electron chi connectivity index (χ0n) is 11.8. The Bertz CT molecular complexity index is 499. The minimum absolute atomic E-state index is 0.0796. The second-order valence-electron chi connectivity index (χ2n) is 4.39. The van der Waals surface area contributed by atoms with Gasteiger partial charge in [-0.1, -0.05) is 19.1 Å². The van der Waals surface area contributed by atoms with Gasteiger partial charge in [-0.25, -0.2) is 9.59 Å². The smallest absolute Gasteiger partial charge is 0.335 e. The molecule has 0 aliphatic heterocycles. The summed E-state index contributed by atoms with van der Waals surface area (Å²) in [6.45, 7) is 2.69. The Balaban J connectivity index is 2.29. The first kappa shape index (κ1) is 16.5. The third kappa shape index (κ3) is 6.42. The molecule has 0 bridgehead atoms. The highest BCUT2D eigenvalue weighted by molar-refractivity contribution is 5.87. The zero-order valence-corrected chi connectivity index (χ0v) is 11.8. The van der Waals surface area contributed by atoms with E-state index in [1.807, 2.05) is 6.92 Å². The van der Waals surface area contributed by atoms with Gasteiger partial charge < -0.3 is 21.1 Å². The molecule has 0 spiro atoms. The highest BCUT2D eigenvalue weighted by atomic mass is 16.4. The number of carbonyl (C=O) groups excluding carboxylic acids is 2. The van der Waals surface area contributed by atoms with Crippen LogP contribution in [0.4, 0.5) is 4.79 Å².